The van der Waals surface area contributed by atoms with Crippen LogP contribution in [-0.4, -0.2) is 18.1 Å². The zero-order chi connectivity index (χ0) is 12.0. The van der Waals surface area contributed by atoms with E-state index in [0.29, 0.717) is 5.75 Å². The molecule has 2 N–H and O–H groups in total. The van der Waals surface area contributed by atoms with E-state index in [1.807, 2.05) is 0 Å². The van der Waals surface area contributed by atoms with E-state index < -0.39 is 10.8 Å². The first kappa shape index (κ1) is 12.1. The van der Waals surface area contributed by atoms with Crippen molar-refractivity contribution in [2.24, 2.45) is 5.73 Å². The fourth-order valence-electron chi connectivity index (χ4n) is 1.00. The van der Waals surface area contributed by atoms with Gasteiger partial charge in [0.15, 0.2) is 0 Å². The SMILES string of the molecule is NCC=C(F)COc1ccc([N+](=O)[O-])cc1. The van der Waals surface area contributed by atoms with Crippen molar-refractivity contribution < 1.29 is 14.1 Å². The molecule has 0 radical (unpaired) electrons. The summed E-state index contributed by atoms with van der Waals surface area (Å²) in [6.07, 6.45) is 1.20. The van der Waals surface area contributed by atoms with Gasteiger partial charge in [-0.05, 0) is 18.2 Å². The molecule has 1 rings (SSSR count). The number of nitrogens with two attached hydrogens (primary N) is 1. The van der Waals surface area contributed by atoms with Crippen molar-refractivity contribution in [1.29, 1.82) is 0 Å². The van der Waals surface area contributed by atoms with Gasteiger partial charge in [-0.1, -0.05) is 0 Å². The molecule has 0 saturated carbocycles. The lowest BCUT2D eigenvalue weighted by Gasteiger charge is -2.03. The van der Waals surface area contributed by atoms with E-state index in [0.717, 1.165) is 0 Å². The summed E-state index contributed by atoms with van der Waals surface area (Å²) in [6, 6.07) is 5.40. The van der Waals surface area contributed by atoms with Crippen molar-refractivity contribution >= 4 is 5.69 Å². The molecule has 5 nitrogen and oxygen atoms in total. The van der Waals surface area contributed by atoms with Gasteiger partial charge in [-0.2, -0.15) is 0 Å². The van der Waals surface area contributed by atoms with E-state index in [4.69, 9.17) is 10.5 Å². The lowest BCUT2D eigenvalue weighted by Crippen LogP contribution is -2.01. The Morgan fingerprint density at radius 2 is 2.12 bits per heavy atom. The number of nitro groups is 1. The van der Waals surface area contributed by atoms with Crippen LogP contribution in [0.5, 0.6) is 5.75 Å². The highest BCUT2D eigenvalue weighted by Crippen LogP contribution is 2.17. The maximum Gasteiger partial charge on any atom is 0.269 e. The van der Waals surface area contributed by atoms with Gasteiger partial charge in [-0.25, -0.2) is 4.39 Å². The van der Waals surface area contributed by atoms with Crippen LogP contribution in [-0.2, 0) is 0 Å². The normalized spacial score (nSPS) is 11.2. The van der Waals surface area contributed by atoms with Gasteiger partial charge >= 0.3 is 0 Å². The maximum atomic E-state index is 12.8. The molecule has 86 valence electrons. The molecule has 0 amide bonds. The van der Waals surface area contributed by atoms with E-state index in [1.165, 1.54) is 30.3 Å². The van der Waals surface area contributed by atoms with Crippen LogP contribution in [0.2, 0.25) is 0 Å². The monoisotopic (exact) mass is 226 g/mol. The topological polar surface area (TPSA) is 78.4 Å². The highest BCUT2D eigenvalue weighted by atomic mass is 19.1. The predicted molar refractivity (Wildman–Crippen MR) is 56.8 cm³/mol. The lowest BCUT2D eigenvalue weighted by atomic mass is 10.3. The maximum absolute atomic E-state index is 12.8. The van der Waals surface area contributed by atoms with Crippen LogP contribution in [0, 0.1) is 10.1 Å². The molecule has 0 saturated heterocycles. The smallest absolute Gasteiger partial charge is 0.269 e. The first-order chi connectivity index (χ1) is 7.63. The molecule has 0 spiro atoms. The first-order valence-corrected chi connectivity index (χ1v) is 4.55. The molecule has 0 fully saturated rings. The van der Waals surface area contributed by atoms with Gasteiger partial charge in [-0.15, -0.1) is 0 Å². The number of hydrogen-bond acceptors (Lipinski definition) is 4. The standard InChI is InChI=1S/C10H11FN2O3/c11-8(5-6-12)7-16-10-3-1-9(2-4-10)13(14)15/h1-5H,6-7,12H2. The Labute approximate surface area is 91.5 Å². The van der Waals surface area contributed by atoms with Crippen molar-refractivity contribution in [1.82, 2.24) is 0 Å². The third kappa shape index (κ3) is 3.66. The average molecular weight is 226 g/mol. The van der Waals surface area contributed by atoms with Crippen LogP contribution < -0.4 is 10.5 Å². The van der Waals surface area contributed by atoms with Gasteiger partial charge in [0.1, 0.15) is 18.2 Å². The summed E-state index contributed by atoms with van der Waals surface area (Å²) in [6.45, 7) is -0.121. The van der Waals surface area contributed by atoms with E-state index in [2.05, 4.69) is 0 Å². The summed E-state index contributed by atoms with van der Waals surface area (Å²) in [5, 5.41) is 10.3. The number of rotatable bonds is 5. The molecule has 0 aliphatic heterocycles. The Morgan fingerprint density at radius 1 is 1.50 bits per heavy atom. The number of hydrogen-bond donors (Lipinski definition) is 1. The van der Waals surface area contributed by atoms with E-state index in [-0.39, 0.29) is 18.8 Å². The van der Waals surface area contributed by atoms with E-state index >= 15 is 0 Å². The van der Waals surface area contributed by atoms with Crippen molar-refractivity contribution in [3.63, 3.8) is 0 Å². The molecule has 0 aliphatic carbocycles. The minimum atomic E-state index is -0.515. The Morgan fingerprint density at radius 3 is 2.62 bits per heavy atom. The molecule has 0 unspecified atom stereocenters. The van der Waals surface area contributed by atoms with Crippen LogP contribution in [0.4, 0.5) is 10.1 Å². The second-order valence-corrected chi connectivity index (χ2v) is 2.93. The second kappa shape index (κ2) is 5.82. The predicted octanol–water partition coefficient (Wildman–Crippen LogP) is 1.79. The highest BCUT2D eigenvalue weighted by molar-refractivity contribution is 5.36. The van der Waals surface area contributed by atoms with Crippen molar-refractivity contribution in [3.05, 3.63) is 46.3 Å². The van der Waals surface area contributed by atoms with Crippen LogP contribution in [0.3, 0.4) is 0 Å². The quantitative estimate of drug-likeness (QED) is 0.613. The molecule has 0 heterocycles. The van der Waals surface area contributed by atoms with Crippen LogP contribution in [0.15, 0.2) is 36.2 Å². The molecule has 0 aliphatic rings. The van der Waals surface area contributed by atoms with E-state index in [1.54, 1.807) is 0 Å². The summed E-state index contributed by atoms with van der Waals surface area (Å²) >= 11 is 0. The summed E-state index contributed by atoms with van der Waals surface area (Å²) in [5.41, 5.74) is 5.07. The largest absolute Gasteiger partial charge is 0.487 e. The molecule has 6 heteroatoms. The summed E-state index contributed by atoms with van der Waals surface area (Å²) in [4.78, 5) is 9.83. The second-order valence-electron chi connectivity index (χ2n) is 2.93. The number of ether oxygens (including phenoxy) is 1. The Hall–Kier alpha value is -1.95. The van der Waals surface area contributed by atoms with Gasteiger partial charge in [0.2, 0.25) is 0 Å². The van der Waals surface area contributed by atoms with Gasteiger partial charge in [0.25, 0.3) is 5.69 Å². The third-order valence-corrected chi connectivity index (χ3v) is 1.76. The molecule has 1 aromatic rings. The molecule has 0 bridgehead atoms. The Kier molecular flexibility index (Phi) is 4.41. The molecule has 0 atom stereocenters. The Bertz CT molecular complexity index is 390. The molecule has 1 aromatic carbocycles. The summed E-state index contributed by atoms with van der Waals surface area (Å²) in [7, 11) is 0. The van der Waals surface area contributed by atoms with Gasteiger partial charge in [0.05, 0.1) is 4.92 Å². The fraction of sp³-hybridized carbons (Fsp3) is 0.200. The number of nitrogens with zero attached hydrogens (tertiary/aromatic N) is 1. The van der Waals surface area contributed by atoms with Crippen LogP contribution in [0.25, 0.3) is 0 Å². The summed E-state index contributed by atoms with van der Waals surface area (Å²) < 4.78 is 17.9. The van der Waals surface area contributed by atoms with Gasteiger partial charge < -0.3 is 10.5 Å². The van der Waals surface area contributed by atoms with Gasteiger partial charge in [-0.3, -0.25) is 10.1 Å². The minimum absolute atomic E-state index is 0.0367. The number of halogens is 1. The number of non-ortho nitro benzene ring substituents is 1. The average Bonchev–Trinajstić information content (AvgIpc) is 2.27. The van der Waals surface area contributed by atoms with Crippen molar-refractivity contribution in [2.75, 3.05) is 13.2 Å². The molecular weight excluding hydrogens is 215 g/mol. The van der Waals surface area contributed by atoms with Crippen LogP contribution >= 0.6 is 0 Å². The zero-order valence-electron chi connectivity index (χ0n) is 8.43. The number of nitro benzene ring substituents is 1. The lowest BCUT2D eigenvalue weighted by molar-refractivity contribution is -0.384. The van der Waals surface area contributed by atoms with E-state index in [9.17, 15) is 14.5 Å². The molecule has 16 heavy (non-hydrogen) atoms. The third-order valence-electron chi connectivity index (χ3n) is 1.76. The minimum Gasteiger partial charge on any atom is -0.487 e. The van der Waals surface area contributed by atoms with Crippen LogP contribution in [0.1, 0.15) is 0 Å². The van der Waals surface area contributed by atoms with Gasteiger partial charge in [0, 0.05) is 18.7 Å². The molecular formula is C10H11FN2O3. The summed E-state index contributed by atoms with van der Waals surface area (Å²) in [5.74, 6) is -0.105. The van der Waals surface area contributed by atoms with Crippen molar-refractivity contribution in [2.45, 2.75) is 0 Å². The highest BCUT2D eigenvalue weighted by Gasteiger charge is 2.04. The number of benzene rings is 1. The molecule has 0 aromatic heterocycles. The fourth-order valence-corrected chi connectivity index (χ4v) is 1.00. The first-order valence-electron chi connectivity index (χ1n) is 4.55. The zero-order valence-corrected chi connectivity index (χ0v) is 8.43. The van der Waals surface area contributed by atoms with Crippen molar-refractivity contribution in [3.8, 4) is 5.75 Å². The Balaban J connectivity index is 2.56.